The number of carbonyl (C=O) groups is 1. The fourth-order valence-electron chi connectivity index (χ4n) is 1.76. The van der Waals surface area contributed by atoms with Crippen molar-refractivity contribution in [1.82, 2.24) is 0 Å². The zero-order valence-electron chi connectivity index (χ0n) is 10.4. The van der Waals surface area contributed by atoms with Gasteiger partial charge in [-0.25, -0.2) is 4.79 Å². The first kappa shape index (κ1) is 12.7. The van der Waals surface area contributed by atoms with Gasteiger partial charge in [0.25, 0.3) is 0 Å². The Morgan fingerprint density at radius 1 is 1.19 bits per heavy atom. The van der Waals surface area contributed by atoms with Gasteiger partial charge < -0.3 is 0 Å². The summed E-state index contributed by atoms with van der Waals surface area (Å²) in [5, 5.41) is 8.42. The van der Waals surface area contributed by atoms with Crippen molar-refractivity contribution in [3.8, 4) is 0 Å². The Hall–Kier alpha value is -1.35. The van der Waals surface area contributed by atoms with E-state index in [0.717, 1.165) is 16.7 Å². The molecular weight excluding hydrogens is 204 g/mol. The van der Waals surface area contributed by atoms with Gasteiger partial charge in [-0.15, -0.1) is 0 Å². The number of hydrogen-bond acceptors (Lipinski definition) is 3. The summed E-state index contributed by atoms with van der Waals surface area (Å²) in [6.45, 7) is 10.0. The molecule has 16 heavy (non-hydrogen) atoms. The predicted octanol–water partition coefficient (Wildman–Crippen LogP) is 3.23. The van der Waals surface area contributed by atoms with Crippen LogP contribution in [0, 0.1) is 13.8 Å². The lowest BCUT2D eigenvalue weighted by Gasteiger charge is -2.21. The molecular formula is C13H18O3. The Kier molecular flexibility index (Phi) is 3.38. The van der Waals surface area contributed by atoms with Gasteiger partial charge in [-0.1, -0.05) is 32.9 Å². The number of aryl methyl sites for hydroxylation is 2. The van der Waals surface area contributed by atoms with Gasteiger partial charge in [0.2, 0.25) is 0 Å². The second-order valence-corrected chi connectivity index (χ2v) is 5.11. The van der Waals surface area contributed by atoms with Crippen LogP contribution < -0.4 is 0 Å². The minimum atomic E-state index is -0.699. The van der Waals surface area contributed by atoms with Gasteiger partial charge >= 0.3 is 5.97 Å². The highest BCUT2D eigenvalue weighted by atomic mass is 17.1. The van der Waals surface area contributed by atoms with Crippen LogP contribution in [-0.4, -0.2) is 11.2 Å². The van der Waals surface area contributed by atoms with E-state index in [1.165, 1.54) is 0 Å². The Labute approximate surface area is 96.0 Å². The first-order chi connectivity index (χ1) is 7.27. The van der Waals surface area contributed by atoms with Crippen molar-refractivity contribution in [3.05, 3.63) is 34.4 Å². The molecule has 0 atom stereocenters. The van der Waals surface area contributed by atoms with E-state index in [2.05, 4.69) is 25.7 Å². The van der Waals surface area contributed by atoms with Crippen LogP contribution in [0.2, 0.25) is 0 Å². The van der Waals surface area contributed by atoms with E-state index < -0.39 is 5.97 Å². The summed E-state index contributed by atoms with van der Waals surface area (Å²) in [5.74, 6) is -0.699. The maximum absolute atomic E-state index is 11.3. The van der Waals surface area contributed by atoms with Crippen LogP contribution in [0.1, 0.15) is 47.8 Å². The molecule has 0 aliphatic carbocycles. The molecule has 1 aromatic carbocycles. The van der Waals surface area contributed by atoms with Crippen molar-refractivity contribution in [3.63, 3.8) is 0 Å². The third-order valence-corrected chi connectivity index (χ3v) is 2.69. The zero-order chi connectivity index (χ0) is 12.5. The molecule has 1 N–H and O–H groups in total. The van der Waals surface area contributed by atoms with Gasteiger partial charge in [0.15, 0.2) is 0 Å². The van der Waals surface area contributed by atoms with Crippen LogP contribution in [-0.2, 0) is 10.3 Å². The molecule has 0 radical (unpaired) electrons. The van der Waals surface area contributed by atoms with Gasteiger partial charge in [-0.3, -0.25) is 4.89 Å². The van der Waals surface area contributed by atoms with Crippen LogP contribution >= 0.6 is 0 Å². The molecule has 0 aliphatic heterocycles. The molecule has 0 spiro atoms. The molecule has 0 amide bonds. The van der Waals surface area contributed by atoms with E-state index in [1.54, 1.807) is 0 Å². The zero-order valence-corrected chi connectivity index (χ0v) is 10.4. The monoisotopic (exact) mass is 222 g/mol. The summed E-state index contributed by atoms with van der Waals surface area (Å²) in [6.07, 6.45) is 0. The third kappa shape index (κ3) is 2.42. The van der Waals surface area contributed by atoms with Gasteiger partial charge in [0.1, 0.15) is 0 Å². The van der Waals surface area contributed by atoms with E-state index >= 15 is 0 Å². The molecule has 3 heteroatoms. The topological polar surface area (TPSA) is 46.5 Å². The molecule has 0 fully saturated rings. The Balaban J connectivity index is 3.34. The lowest BCUT2D eigenvalue weighted by atomic mass is 9.84. The molecule has 1 aromatic rings. The van der Waals surface area contributed by atoms with E-state index in [0.29, 0.717) is 5.56 Å². The fraction of sp³-hybridized carbons (Fsp3) is 0.462. The highest BCUT2D eigenvalue weighted by Crippen LogP contribution is 2.27. The molecule has 0 heterocycles. The molecule has 1 rings (SSSR count). The molecule has 0 aromatic heterocycles. The summed E-state index contributed by atoms with van der Waals surface area (Å²) in [6, 6.07) is 3.92. The van der Waals surface area contributed by atoms with Gasteiger partial charge in [0, 0.05) is 0 Å². The Bertz CT molecular complexity index is 391. The lowest BCUT2D eigenvalue weighted by molar-refractivity contribution is -0.182. The number of carbonyl (C=O) groups excluding carboxylic acids is 1. The summed E-state index contributed by atoms with van der Waals surface area (Å²) in [7, 11) is 0. The normalized spacial score (nSPS) is 11.4. The van der Waals surface area contributed by atoms with Crippen LogP contribution in [0.15, 0.2) is 12.1 Å². The largest absolute Gasteiger partial charge is 0.373 e. The van der Waals surface area contributed by atoms with E-state index in [9.17, 15) is 4.79 Å². The van der Waals surface area contributed by atoms with E-state index in [4.69, 9.17) is 5.26 Å². The average Bonchev–Trinajstić information content (AvgIpc) is 2.14. The van der Waals surface area contributed by atoms with Crippen molar-refractivity contribution < 1.29 is 14.9 Å². The van der Waals surface area contributed by atoms with E-state index in [1.807, 2.05) is 26.0 Å². The quantitative estimate of drug-likeness (QED) is 0.586. The summed E-state index contributed by atoms with van der Waals surface area (Å²) in [5.41, 5.74) is 3.29. The number of benzene rings is 1. The van der Waals surface area contributed by atoms with Crippen molar-refractivity contribution in [2.24, 2.45) is 0 Å². The summed E-state index contributed by atoms with van der Waals surface area (Å²) in [4.78, 5) is 15.1. The SMILES string of the molecule is Cc1cc(C(C)(C)C)cc(C)c1C(=O)OO. The van der Waals surface area contributed by atoms with Gasteiger partial charge in [0.05, 0.1) is 5.56 Å². The second-order valence-electron chi connectivity index (χ2n) is 5.11. The molecule has 88 valence electrons. The average molecular weight is 222 g/mol. The van der Waals surface area contributed by atoms with Crippen LogP contribution in [0.3, 0.4) is 0 Å². The summed E-state index contributed by atoms with van der Waals surface area (Å²) >= 11 is 0. The highest BCUT2D eigenvalue weighted by Gasteiger charge is 2.19. The highest BCUT2D eigenvalue weighted by molar-refractivity contribution is 5.92. The molecule has 0 saturated carbocycles. The molecule has 0 saturated heterocycles. The van der Waals surface area contributed by atoms with Crippen LogP contribution in [0.4, 0.5) is 0 Å². The smallest absolute Gasteiger partial charge is 0.295 e. The lowest BCUT2D eigenvalue weighted by Crippen LogP contribution is -2.14. The van der Waals surface area contributed by atoms with Crippen LogP contribution in [0.5, 0.6) is 0 Å². The first-order valence-electron chi connectivity index (χ1n) is 5.25. The number of rotatable bonds is 1. The second kappa shape index (κ2) is 4.26. The fourth-order valence-corrected chi connectivity index (χ4v) is 1.76. The van der Waals surface area contributed by atoms with Crippen molar-refractivity contribution in [1.29, 1.82) is 0 Å². The van der Waals surface area contributed by atoms with E-state index in [-0.39, 0.29) is 5.41 Å². The van der Waals surface area contributed by atoms with Crippen molar-refractivity contribution in [2.75, 3.05) is 0 Å². The molecule has 3 nitrogen and oxygen atoms in total. The van der Waals surface area contributed by atoms with Crippen molar-refractivity contribution >= 4 is 5.97 Å². The minimum Gasteiger partial charge on any atom is -0.295 e. The maximum Gasteiger partial charge on any atom is 0.373 e. The minimum absolute atomic E-state index is 0.0389. The Morgan fingerprint density at radius 3 is 1.94 bits per heavy atom. The molecule has 0 unspecified atom stereocenters. The summed E-state index contributed by atoms with van der Waals surface area (Å²) < 4.78 is 0. The standard InChI is InChI=1S/C13H18O3/c1-8-6-10(13(3,4)5)7-9(2)11(8)12(14)16-15/h6-7,15H,1-5H3. The van der Waals surface area contributed by atoms with Crippen molar-refractivity contribution in [2.45, 2.75) is 40.0 Å². The van der Waals surface area contributed by atoms with Gasteiger partial charge in [-0.2, -0.15) is 5.26 Å². The third-order valence-electron chi connectivity index (χ3n) is 2.69. The first-order valence-corrected chi connectivity index (χ1v) is 5.25. The molecule has 0 bridgehead atoms. The maximum atomic E-state index is 11.3. The number of hydrogen-bond donors (Lipinski definition) is 1. The molecule has 0 aliphatic rings. The van der Waals surface area contributed by atoms with Crippen LogP contribution in [0.25, 0.3) is 0 Å². The predicted molar refractivity (Wildman–Crippen MR) is 62.7 cm³/mol. The van der Waals surface area contributed by atoms with Gasteiger partial charge in [-0.05, 0) is 36.0 Å². The Morgan fingerprint density at radius 2 is 1.62 bits per heavy atom.